The molecule has 0 saturated carbocycles. The van der Waals surface area contributed by atoms with Crippen LogP contribution < -0.4 is 5.32 Å². The van der Waals surface area contributed by atoms with Crippen LogP contribution in [0.15, 0.2) is 24.4 Å². The van der Waals surface area contributed by atoms with Crippen LogP contribution in [0.3, 0.4) is 0 Å². The summed E-state index contributed by atoms with van der Waals surface area (Å²) in [4.78, 5) is 38.2. The Balaban J connectivity index is 1.62. The maximum atomic E-state index is 12.3. The smallest absolute Gasteiger partial charge is 0.276 e. The Labute approximate surface area is 157 Å². The van der Waals surface area contributed by atoms with Crippen LogP contribution in [0.5, 0.6) is 0 Å². The Kier molecular flexibility index (Phi) is 5.95. The van der Waals surface area contributed by atoms with Gasteiger partial charge in [-0.25, -0.2) is 4.98 Å². The Bertz CT molecular complexity index is 773. The molecule has 1 aliphatic heterocycles. The van der Waals surface area contributed by atoms with E-state index in [0.29, 0.717) is 23.9 Å². The van der Waals surface area contributed by atoms with E-state index in [-0.39, 0.29) is 11.8 Å². The van der Waals surface area contributed by atoms with E-state index in [0.717, 1.165) is 36.6 Å². The van der Waals surface area contributed by atoms with Gasteiger partial charge in [-0.2, -0.15) is 0 Å². The first-order valence-corrected chi connectivity index (χ1v) is 9.63. The lowest BCUT2D eigenvalue weighted by molar-refractivity contribution is -0.132. The number of nitrogens with zero attached hydrogens (tertiary/aromatic N) is 4. The van der Waals surface area contributed by atoms with E-state index in [1.807, 2.05) is 18.7 Å². The van der Waals surface area contributed by atoms with Gasteiger partial charge in [0.2, 0.25) is 5.91 Å². The number of hydrogen-bond acceptors (Lipinski definition) is 6. The van der Waals surface area contributed by atoms with Gasteiger partial charge in [0, 0.05) is 43.7 Å². The highest BCUT2D eigenvalue weighted by Crippen LogP contribution is 2.28. The molecule has 26 heavy (non-hydrogen) atoms. The Morgan fingerprint density at radius 3 is 2.81 bits per heavy atom. The van der Waals surface area contributed by atoms with Crippen molar-refractivity contribution in [3.8, 4) is 0 Å². The van der Waals surface area contributed by atoms with Gasteiger partial charge in [-0.05, 0) is 26.0 Å². The summed E-state index contributed by atoms with van der Waals surface area (Å²) in [5, 5.41) is 3.41. The van der Waals surface area contributed by atoms with E-state index in [2.05, 4.69) is 20.2 Å². The van der Waals surface area contributed by atoms with Crippen molar-refractivity contribution in [1.29, 1.82) is 0 Å². The molecular formula is C18H23N5O2S. The molecule has 8 heteroatoms. The lowest BCUT2D eigenvalue weighted by atomic mass is 10.2. The van der Waals surface area contributed by atoms with Gasteiger partial charge in [0.25, 0.3) is 5.91 Å². The van der Waals surface area contributed by atoms with Crippen LogP contribution in [0, 0.1) is 0 Å². The molecule has 0 radical (unpaired) electrons. The summed E-state index contributed by atoms with van der Waals surface area (Å²) >= 11 is 1.47. The van der Waals surface area contributed by atoms with Gasteiger partial charge in [0.05, 0.1) is 12.2 Å². The number of anilines is 1. The monoisotopic (exact) mass is 373 g/mol. The number of pyridine rings is 1. The van der Waals surface area contributed by atoms with Crippen LogP contribution in [0.1, 0.15) is 34.9 Å². The van der Waals surface area contributed by atoms with E-state index in [1.165, 1.54) is 11.3 Å². The summed E-state index contributed by atoms with van der Waals surface area (Å²) in [6, 6.07) is 5.22. The van der Waals surface area contributed by atoms with E-state index < -0.39 is 0 Å². The molecular weight excluding hydrogens is 350 g/mol. The summed E-state index contributed by atoms with van der Waals surface area (Å²) in [6.07, 6.45) is 2.38. The summed E-state index contributed by atoms with van der Waals surface area (Å²) in [5.74, 6) is -0.100. The quantitative estimate of drug-likeness (QED) is 0.838. The minimum Gasteiger partial charge on any atom is -0.342 e. The molecule has 0 aliphatic carbocycles. The lowest BCUT2D eigenvalue weighted by Gasteiger charge is -2.28. The van der Waals surface area contributed by atoms with Crippen LogP contribution in [0.25, 0.3) is 0 Å². The normalized spacial score (nSPS) is 13.9. The number of fused-ring (bicyclic) bond motifs is 1. The SMILES string of the molecule is CCN(CC)C(=O)CN1CCc2nc(NC(=O)c3ccccn3)sc2C1. The van der Waals surface area contributed by atoms with Crippen LogP contribution in [0.4, 0.5) is 5.13 Å². The van der Waals surface area contributed by atoms with Gasteiger partial charge in [0.15, 0.2) is 5.13 Å². The predicted octanol–water partition coefficient (Wildman–Crippen LogP) is 2.02. The van der Waals surface area contributed by atoms with Crippen molar-refractivity contribution in [1.82, 2.24) is 19.8 Å². The van der Waals surface area contributed by atoms with Crippen molar-refractivity contribution < 1.29 is 9.59 Å². The average Bonchev–Trinajstić information content (AvgIpc) is 3.05. The zero-order chi connectivity index (χ0) is 18.5. The minimum absolute atomic E-state index is 0.159. The number of thiazole rings is 1. The number of likely N-dealkylation sites (N-methyl/N-ethyl adjacent to an activating group) is 1. The first-order chi connectivity index (χ1) is 12.6. The molecule has 0 spiro atoms. The van der Waals surface area contributed by atoms with E-state index in [1.54, 1.807) is 24.4 Å². The second-order valence-corrected chi connectivity index (χ2v) is 7.17. The fourth-order valence-electron chi connectivity index (χ4n) is 2.96. The summed E-state index contributed by atoms with van der Waals surface area (Å²) < 4.78 is 0. The molecule has 3 heterocycles. The van der Waals surface area contributed by atoms with E-state index in [4.69, 9.17) is 0 Å². The minimum atomic E-state index is -0.259. The van der Waals surface area contributed by atoms with E-state index >= 15 is 0 Å². The van der Waals surface area contributed by atoms with Crippen LogP contribution in [0.2, 0.25) is 0 Å². The highest BCUT2D eigenvalue weighted by molar-refractivity contribution is 7.15. The number of aromatic nitrogens is 2. The van der Waals surface area contributed by atoms with Crippen molar-refractivity contribution in [3.63, 3.8) is 0 Å². The Morgan fingerprint density at radius 1 is 1.31 bits per heavy atom. The van der Waals surface area contributed by atoms with Crippen molar-refractivity contribution in [2.75, 3.05) is 31.5 Å². The number of amides is 2. The van der Waals surface area contributed by atoms with Crippen molar-refractivity contribution in [2.45, 2.75) is 26.8 Å². The molecule has 1 N–H and O–H groups in total. The lowest BCUT2D eigenvalue weighted by Crippen LogP contribution is -2.41. The second-order valence-electron chi connectivity index (χ2n) is 6.08. The molecule has 2 aromatic heterocycles. The molecule has 2 aromatic rings. The molecule has 1 aliphatic rings. The van der Waals surface area contributed by atoms with Crippen LogP contribution in [-0.2, 0) is 17.8 Å². The first kappa shape index (κ1) is 18.5. The van der Waals surface area contributed by atoms with Gasteiger partial charge in [-0.15, -0.1) is 11.3 Å². The van der Waals surface area contributed by atoms with E-state index in [9.17, 15) is 9.59 Å². The largest absolute Gasteiger partial charge is 0.342 e. The fraction of sp³-hybridized carbons (Fsp3) is 0.444. The maximum Gasteiger partial charge on any atom is 0.276 e. The van der Waals surface area contributed by atoms with Gasteiger partial charge in [-0.3, -0.25) is 24.8 Å². The summed E-state index contributed by atoms with van der Waals surface area (Å²) in [5.41, 5.74) is 1.38. The third-order valence-corrected chi connectivity index (χ3v) is 5.40. The van der Waals surface area contributed by atoms with Gasteiger partial charge >= 0.3 is 0 Å². The zero-order valence-electron chi connectivity index (χ0n) is 15.1. The van der Waals surface area contributed by atoms with Crippen LogP contribution >= 0.6 is 11.3 Å². The predicted molar refractivity (Wildman–Crippen MR) is 101 cm³/mol. The molecule has 0 bridgehead atoms. The summed E-state index contributed by atoms with van der Waals surface area (Å²) in [7, 11) is 0. The maximum absolute atomic E-state index is 12.3. The Hall–Kier alpha value is -2.32. The van der Waals surface area contributed by atoms with Crippen LogP contribution in [-0.4, -0.2) is 57.8 Å². The second kappa shape index (κ2) is 8.37. The zero-order valence-corrected chi connectivity index (χ0v) is 15.9. The number of hydrogen-bond donors (Lipinski definition) is 1. The van der Waals surface area contributed by atoms with Gasteiger partial charge in [0.1, 0.15) is 5.69 Å². The molecule has 0 fully saturated rings. The number of nitrogens with one attached hydrogen (secondary N) is 1. The first-order valence-electron chi connectivity index (χ1n) is 8.81. The third-order valence-electron chi connectivity index (χ3n) is 4.40. The number of carbonyl (C=O) groups excluding carboxylic acids is 2. The third kappa shape index (κ3) is 4.25. The highest BCUT2D eigenvalue weighted by atomic mass is 32.1. The molecule has 0 aromatic carbocycles. The standard InChI is InChI=1S/C18H23N5O2S/c1-3-23(4-2)16(24)12-22-10-8-13-15(11-22)26-18(20-13)21-17(25)14-7-5-6-9-19-14/h5-7,9H,3-4,8,10-12H2,1-2H3,(H,20,21,25). The van der Waals surface area contributed by atoms with Crippen molar-refractivity contribution in [3.05, 3.63) is 40.7 Å². The molecule has 2 amide bonds. The molecule has 0 saturated heterocycles. The highest BCUT2D eigenvalue weighted by Gasteiger charge is 2.24. The van der Waals surface area contributed by atoms with Gasteiger partial charge < -0.3 is 4.90 Å². The fourth-order valence-corrected chi connectivity index (χ4v) is 4.01. The van der Waals surface area contributed by atoms with Crippen molar-refractivity contribution >= 4 is 28.3 Å². The number of carbonyl (C=O) groups is 2. The topological polar surface area (TPSA) is 78.4 Å². The summed E-state index contributed by atoms with van der Waals surface area (Å²) in [6.45, 7) is 7.38. The Morgan fingerprint density at radius 2 is 2.12 bits per heavy atom. The molecule has 138 valence electrons. The molecule has 0 unspecified atom stereocenters. The van der Waals surface area contributed by atoms with Crippen molar-refractivity contribution in [2.24, 2.45) is 0 Å². The van der Waals surface area contributed by atoms with Gasteiger partial charge in [-0.1, -0.05) is 6.07 Å². The molecule has 3 rings (SSSR count). The average molecular weight is 373 g/mol. The molecule has 7 nitrogen and oxygen atoms in total. The molecule has 0 atom stereocenters. The number of rotatable bonds is 6.